The molecule has 0 aliphatic rings. The van der Waals surface area contributed by atoms with Gasteiger partial charge in [0.1, 0.15) is 0 Å². The summed E-state index contributed by atoms with van der Waals surface area (Å²) in [5.74, 6) is 0. The first-order valence-electron chi connectivity index (χ1n) is 18.8. The van der Waals surface area contributed by atoms with Gasteiger partial charge in [-0.15, -0.1) is 11.3 Å². The van der Waals surface area contributed by atoms with Crippen LogP contribution in [0.1, 0.15) is 0 Å². The van der Waals surface area contributed by atoms with Crippen LogP contribution in [-0.4, -0.2) is 9.13 Å². The van der Waals surface area contributed by atoms with Gasteiger partial charge in [0.05, 0.1) is 38.1 Å². The number of hydrogen-bond donors (Lipinski definition) is 0. The number of benzene rings is 9. The zero-order chi connectivity index (χ0) is 36.0. The van der Waals surface area contributed by atoms with Crippen molar-refractivity contribution in [2.24, 2.45) is 0 Å². The summed E-state index contributed by atoms with van der Waals surface area (Å²) in [6.07, 6.45) is 0. The Morgan fingerprint density at radius 3 is 1.55 bits per heavy atom. The van der Waals surface area contributed by atoms with Crippen molar-refractivity contribution in [3.63, 3.8) is 0 Å². The van der Waals surface area contributed by atoms with Gasteiger partial charge in [0, 0.05) is 42.4 Å². The number of para-hydroxylation sites is 2. The molecule has 12 rings (SSSR count). The second-order valence-corrected chi connectivity index (χ2v) is 15.6. The standard InChI is InChI=1S/C52H32N2S/c1-2-13-33(14-3-1)37-29-36-15-4-5-16-38(36)50(32-37)54-46-22-10-7-18-40(46)44-31-35(26-28-48(44)54)34-25-27-47-43(30-34)39-17-6-9-21-45(39)53(47)49-23-12-20-42-41-19-8-11-24-51(41)55-52(42)49/h1-32H. The summed E-state index contributed by atoms with van der Waals surface area (Å²) in [7, 11) is 0. The molecule has 9 aromatic carbocycles. The molecule has 0 fully saturated rings. The zero-order valence-corrected chi connectivity index (χ0v) is 30.6. The van der Waals surface area contributed by atoms with E-state index in [9.17, 15) is 0 Å². The van der Waals surface area contributed by atoms with Crippen molar-refractivity contribution >= 4 is 85.9 Å². The highest BCUT2D eigenvalue weighted by atomic mass is 32.1. The van der Waals surface area contributed by atoms with Gasteiger partial charge in [-0.05, 0) is 88.3 Å². The Morgan fingerprint density at radius 2 is 0.836 bits per heavy atom. The Labute approximate surface area is 321 Å². The SMILES string of the molecule is c1ccc(-c2cc(-n3c4ccccc4c4cc(-c5ccc6c(c5)c5ccccc5n6-c5cccc6c5sc5ccccc56)ccc43)c3ccccc3c2)cc1. The lowest BCUT2D eigenvalue weighted by molar-refractivity contribution is 1.20. The maximum Gasteiger partial charge on any atom is 0.0640 e. The first-order chi connectivity index (χ1) is 27.3. The van der Waals surface area contributed by atoms with E-state index in [1.54, 1.807) is 0 Å². The van der Waals surface area contributed by atoms with Gasteiger partial charge in [0.15, 0.2) is 0 Å². The smallest absolute Gasteiger partial charge is 0.0640 e. The van der Waals surface area contributed by atoms with Crippen molar-refractivity contribution in [1.82, 2.24) is 9.13 Å². The molecule has 3 heteroatoms. The Kier molecular flexibility index (Phi) is 6.54. The van der Waals surface area contributed by atoms with Crippen LogP contribution in [0.15, 0.2) is 194 Å². The van der Waals surface area contributed by atoms with Crippen molar-refractivity contribution in [1.29, 1.82) is 0 Å². The Morgan fingerprint density at radius 1 is 0.291 bits per heavy atom. The van der Waals surface area contributed by atoms with Crippen LogP contribution in [0.25, 0.3) is 108 Å². The number of rotatable bonds is 4. The average molecular weight is 717 g/mol. The van der Waals surface area contributed by atoms with Gasteiger partial charge in [-0.3, -0.25) is 0 Å². The van der Waals surface area contributed by atoms with Gasteiger partial charge >= 0.3 is 0 Å². The molecule has 0 aliphatic heterocycles. The molecule has 55 heavy (non-hydrogen) atoms. The van der Waals surface area contributed by atoms with Crippen molar-refractivity contribution in [2.45, 2.75) is 0 Å². The van der Waals surface area contributed by atoms with E-state index in [0.29, 0.717) is 0 Å². The van der Waals surface area contributed by atoms with Crippen LogP contribution < -0.4 is 0 Å². The molecule has 0 aliphatic carbocycles. The van der Waals surface area contributed by atoms with Crippen molar-refractivity contribution in [3.05, 3.63) is 194 Å². The van der Waals surface area contributed by atoms with Crippen LogP contribution in [0, 0.1) is 0 Å². The third kappa shape index (κ3) is 4.54. The average Bonchev–Trinajstić information content (AvgIpc) is 3.91. The molecule has 0 saturated carbocycles. The van der Waals surface area contributed by atoms with Gasteiger partial charge in [0.25, 0.3) is 0 Å². The molecule has 0 N–H and O–H groups in total. The quantitative estimate of drug-likeness (QED) is 0.172. The van der Waals surface area contributed by atoms with Gasteiger partial charge in [0.2, 0.25) is 0 Å². The fourth-order valence-electron chi connectivity index (χ4n) is 9.01. The number of hydrogen-bond acceptors (Lipinski definition) is 1. The lowest BCUT2D eigenvalue weighted by Crippen LogP contribution is -1.96. The summed E-state index contributed by atoms with van der Waals surface area (Å²) in [5, 5.41) is 10.1. The molecule has 3 aromatic heterocycles. The third-order valence-corrected chi connectivity index (χ3v) is 12.7. The van der Waals surface area contributed by atoms with Crippen LogP contribution in [0.3, 0.4) is 0 Å². The molecular formula is C52H32N2S. The van der Waals surface area contributed by atoms with Crippen LogP contribution >= 0.6 is 11.3 Å². The summed E-state index contributed by atoms with van der Waals surface area (Å²) in [6, 6.07) is 71.4. The normalized spacial score (nSPS) is 12.0. The minimum atomic E-state index is 1.19. The number of fused-ring (bicyclic) bond motifs is 10. The molecule has 256 valence electrons. The molecule has 0 atom stereocenters. The maximum atomic E-state index is 2.47. The van der Waals surface area contributed by atoms with Gasteiger partial charge in [-0.1, -0.05) is 133 Å². The molecule has 0 radical (unpaired) electrons. The summed E-state index contributed by atoms with van der Waals surface area (Å²) < 4.78 is 7.58. The molecule has 0 unspecified atom stereocenters. The van der Waals surface area contributed by atoms with E-state index in [0.717, 1.165) is 0 Å². The topological polar surface area (TPSA) is 9.86 Å². The van der Waals surface area contributed by atoms with E-state index in [1.165, 1.54) is 108 Å². The van der Waals surface area contributed by atoms with E-state index in [-0.39, 0.29) is 0 Å². The monoisotopic (exact) mass is 716 g/mol. The second-order valence-electron chi connectivity index (χ2n) is 14.5. The minimum Gasteiger partial charge on any atom is -0.309 e. The van der Waals surface area contributed by atoms with Gasteiger partial charge in [-0.25, -0.2) is 0 Å². The molecule has 12 aromatic rings. The minimum absolute atomic E-state index is 1.19. The Balaban J connectivity index is 1.06. The Bertz CT molecular complexity index is 3490. The van der Waals surface area contributed by atoms with E-state index in [2.05, 4.69) is 203 Å². The van der Waals surface area contributed by atoms with Crippen LogP contribution in [0.4, 0.5) is 0 Å². The molecule has 0 bridgehead atoms. The van der Waals surface area contributed by atoms with Crippen LogP contribution in [0.5, 0.6) is 0 Å². The number of aromatic nitrogens is 2. The fourth-order valence-corrected chi connectivity index (χ4v) is 10.2. The first kappa shape index (κ1) is 30.5. The zero-order valence-electron chi connectivity index (χ0n) is 29.8. The highest BCUT2D eigenvalue weighted by Gasteiger charge is 2.19. The summed E-state index contributed by atoms with van der Waals surface area (Å²) >= 11 is 1.88. The fraction of sp³-hybridized carbons (Fsp3) is 0. The number of thiophene rings is 1. The molecule has 3 heterocycles. The van der Waals surface area contributed by atoms with E-state index in [1.807, 2.05) is 11.3 Å². The third-order valence-electron chi connectivity index (χ3n) is 11.5. The molecular weight excluding hydrogens is 685 g/mol. The lowest BCUT2D eigenvalue weighted by atomic mass is 9.99. The largest absolute Gasteiger partial charge is 0.309 e. The summed E-state index contributed by atoms with van der Waals surface area (Å²) in [5.41, 5.74) is 12.1. The highest BCUT2D eigenvalue weighted by Crippen LogP contribution is 2.43. The van der Waals surface area contributed by atoms with Gasteiger partial charge < -0.3 is 9.13 Å². The lowest BCUT2D eigenvalue weighted by Gasteiger charge is -2.15. The van der Waals surface area contributed by atoms with Crippen molar-refractivity contribution < 1.29 is 0 Å². The van der Waals surface area contributed by atoms with Crippen molar-refractivity contribution in [2.75, 3.05) is 0 Å². The predicted octanol–water partition coefficient (Wildman–Crippen LogP) is 14.7. The number of nitrogens with zero attached hydrogens (tertiary/aromatic N) is 2. The van der Waals surface area contributed by atoms with Gasteiger partial charge in [-0.2, -0.15) is 0 Å². The van der Waals surface area contributed by atoms with E-state index in [4.69, 9.17) is 0 Å². The molecule has 0 amide bonds. The molecule has 2 nitrogen and oxygen atoms in total. The van der Waals surface area contributed by atoms with E-state index < -0.39 is 0 Å². The molecule has 0 spiro atoms. The maximum absolute atomic E-state index is 2.47. The summed E-state index contributed by atoms with van der Waals surface area (Å²) in [4.78, 5) is 0. The Hall–Kier alpha value is -6.94. The van der Waals surface area contributed by atoms with E-state index >= 15 is 0 Å². The van der Waals surface area contributed by atoms with Crippen molar-refractivity contribution in [3.8, 4) is 33.6 Å². The van der Waals surface area contributed by atoms with Crippen LogP contribution in [0.2, 0.25) is 0 Å². The van der Waals surface area contributed by atoms with Crippen LogP contribution in [-0.2, 0) is 0 Å². The predicted molar refractivity (Wildman–Crippen MR) is 236 cm³/mol. The highest BCUT2D eigenvalue weighted by molar-refractivity contribution is 7.26. The summed E-state index contributed by atoms with van der Waals surface area (Å²) in [6.45, 7) is 0. The first-order valence-corrected chi connectivity index (χ1v) is 19.7. The second kappa shape index (κ2) is 11.8. The molecule has 0 saturated heterocycles.